The molecule has 8 heteroatoms. The summed E-state index contributed by atoms with van der Waals surface area (Å²) in [6, 6.07) is -0.932. The van der Waals surface area contributed by atoms with Crippen LogP contribution >= 0.6 is 0 Å². The van der Waals surface area contributed by atoms with E-state index < -0.39 is 42.6 Å². The van der Waals surface area contributed by atoms with Gasteiger partial charge in [0.1, 0.15) is 0 Å². The van der Waals surface area contributed by atoms with Gasteiger partial charge in [-0.3, -0.25) is 8.74 Å². The van der Waals surface area contributed by atoms with Gasteiger partial charge in [0.25, 0.3) is 0 Å². The number of aliphatic hydroxyl groups excluding tert-OH is 3. The molecule has 0 aromatic carbocycles. The molecule has 0 bridgehead atoms. The zero-order valence-corrected chi connectivity index (χ0v) is 8.31. The van der Waals surface area contributed by atoms with E-state index in [4.69, 9.17) is 25.6 Å². The molecule has 0 saturated carbocycles. The summed E-state index contributed by atoms with van der Waals surface area (Å²) in [5.74, 6) is 0. The highest BCUT2D eigenvalue weighted by Crippen LogP contribution is 2.19. The number of aliphatic hydroxyl groups is 3. The molecule has 86 valence electrons. The van der Waals surface area contributed by atoms with Crippen molar-refractivity contribution < 1.29 is 28.3 Å². The van der Waals surface area contributed by atoms with E-state index in [2.05, 4.69) is 4.18 Å². The molecular formula is C6H15NO6S. The fraction of sp³-hybridized carbons (Fsp3) is 1.00. The molecule has 0 saturated heterocycles. The fourth-order valence-corrected chi connectivity index (χ4v) is 1.07. The van der Waals surface area contributed by atoms with Crippen LogP contribution in [0.1, 0.15) is 0 Å². The first-order chi connectivity index (χ1) is 6.52. The molecular weight excluding hydrogens is 214 g/mol. The fourth-order valence-electron chi connectivity index (χ4n) is 0.810. The van der Waals surface area contributed by atoms with Crippen molar-refractivity contribution in [3.8, 4) is 0 Å². The van der Waals surface area contributed by atoms with Crippen LogP contribution in [-0.2, 0) is 15.5 Å². The Morgan fingerprint density at radius 3 is 2.00 bits per heavy atom. The average Bonchev–Trinajstić information content (AvgIpc) is 2.18. The number of nitrogens with two attached hydrogens (primary N) is 1. The number of hydrogen-bond donors (Lipinski definition) is 5. The summed E-state index contributed by atoms with van der Waals surface area (Å²) >= 11 is -2.45. The van der Waals surface area contributed by atoms with Crippen LogP contribution in [0, 0.1) is 5.41 Å². The molecule has 0 heterocycles. The van der Waals surface area contributed by atoms with E-state index in [9.17, 15) is 4.21 Å². The van der Waals surface area contributed by atoms with Gasteiger partial charge in [0.2, 0.25) is 0 Å². The van der Waals surface area contributed by atoms with Crippen molar-refractivity contribution in [1.82, 2.24) is 0 Å². The maximum Gasteiger partial charge on any atom is 0.301 e. The molecule has 0 aromatic rings. The first kappa shape index (κ1) is 13.9. The maximum atomic E-state index is 10.1. The summed E-state index contributed by atoms with van der Waals surface area (Å²) in [5, 5.41) is 26.8. The highest BCUT2D eigenvalue weighted by molar-refractivity contribution is 7.74. The molecule has 0 spiro atoms. The molecule has 0 aliphatic heterocycles. The summed E-state index contributed by atoms with van der Waals surface area (Å²) in [6.07, 6.45) is 0. The molecule has 0 rings (SSSR count). The van der Waals surface area contributed by atoms with Gasteiger partial charge >= 0.3 is 11.4 Å². The first-order valence-corrected chi connectivity index (χ1v) is 4.88. The SMILES string of the molecule is NC(COS(=O)O)C(CO)(CO)CO. The minimum Gasteiger partial charge on any atom is -0.396 e. The normalized spacial score (nSPS) is 16.6. The smallest absolute Gasteiger partial charge is 0.301 e. The molecule has 2 atom stereocenters. The Kier molecular flexibility index (Phi) is 6.36. The van der Waals surface area contributed by atoms with Gasteiger partial charge in [-0.2, -0.15) is 4.21 Å². The van der Waals surface area contributed by atoms with Gasteiger partial charge in [-0.05, 0) is 0 Å². The van der Waals surface area contributed by atoms with Crippen LogP contribution in [0.15, 0.2) is 0 Å². The van der Waals surface area contributed by atoms with Crippen molar-refractivity contribution in [2.45, 2.75) is 6.04 Å². The van der Waals surface area contributed by atoms with Crippen molar-refractivity contribution in [3.63, 3.8) is 0 Å². The summed E-state index contributed by atoms with van der Waals surface area (Å²) in [7, 11) is 0. The van der Waals surface area contributed by atoms with Crippen molar-refractivity contribution in [2.75, 3.05) is 26.4 Å². The molecule has 0 aliphatic carbocycles. The Hall–Kier alpha value is -0.0900. The lowest BCUT2D eigenvalue weighted by Gasteiger charge is -2.32. The van der Waals surface area contributed by atoms with Gasteiger partial charge in [0.15, 0.2) is 0 Å². The second kappa shape index (κ2) is 6.40. The number of rotatable bonds is 7. The third-order valence-corrected chi connectivity index (χ3v) is 2.42. The van der Waals surface area contributed by atoms with Crippen molar-refractivity contribution in [3.05, 3.63) is 0 Å². The maximum absolute atomic E-state index is 10.1. The average molecular weight is 229 g/mol. The predicted octanol–water partition coefficient (Wildman–Crippen LogP) is -2.57. The highest BCUT2D eigenvalue weighted by atomic mass is 32.2. The highest BCUT2D eigenvalue weighted by Gasteiger charge is 2.35. The van der Waals surface area contributed by atoms with E-state index in [1.54, 1.807) is 0 Å². The van der Waals surface area contributed by atoms with Crippen LogP contribution in [0.5, 0.6) is 0 Å². The van der Waals surface area contributed by atoms with Gasteiger partial charge in [-0.25, -0.2) is 0 Å². The molecule has 0 aliphatic rings. The minimum atomic E-state index is -2.45. The monoisotopic (exact) mass is 229 g/mol. The lowest BCUT2D eigenvalue weighted by molar-refractivity contribution is -0.0227. The summed E-state index contributed by atoms with van der Waals surface area (Å²) in [4.78, 5) is 0. The van der Waals surface area contributed by atoms with Crippen LogP contribution in [0.2, 0.25) is 0 Å². The Balaban J connectivity index is 4.28. The standard InChI is InChI=1S/C6H15NO6S/c7-5(1-13-14(11)12)6(2-8,3-9)4-10/h5,8-10H,1-4,7H2,(H,11,12). The Morgan fingerprint density at radius 2 is 1.71 bits per heavy atom. The Bertz CT molecular complexity index is 177. The molecule has 6 N–H and O–H groups in total. The van der Waals surface area contributed by atoms with E-state index in [0.29, 0.717) is 0 Å². The van der Waals surface area contributed by atoms with Gasteiger partial charge in [0.05, 0.1) is 31.8 Å². The summed E-state index contributed by atoms with van der Waals surface area (Å²) < 4.78 is 22.7. The minimum absolute atomic E-state index is 0.342. The zero-order chi connectivity index (χ0) is 11.2. The third kappa shape index (κ3) is 3.58. The van der Waals surface area contributed by atoms with Crippen LogP contribution in [0.4, 0.5) is 0 Å². The Morgan fingerprint density at radius 1 is 1.29 bits per heavy atom. The van der Waals surface area contributed by atoms with E-state index in [1.807, 2.05) is 0 Å². The lowest BCUT2D eigenvalue weighted by Crippen LogP contribution is -2.52. The second-order valence-electron chi connectivity index (χ2n) is 2.94. The van der Waals surface area contributed by atoms with Crippen molar-refractivity contribution in [1.29, 1.82) is 0 Å². The summed E-state index contributed by atoms with van der Waals surface area (Å²) in [5.41, 5.74) is 4.18. The third-order valence-electron chi connectivity index (χ3n) is 2.08. The van der Waals surface area contributed by atoms with Gasteiger partial charge in [0, 0.05) is 6.04 Å². The lowest BCUT2D eigenvalue weighted by atomic mass is 9.83. The van der Waals surface area contributed by atoms with Gasteiger partial charge < -0.3 is 21.1 Å². The molecule has 0 fully saturated rings. The molecule has 14 heavy (non-hydrogen) atoms. The van der Waals surface area contributed by atoms with E-state index >= 15 is 0 Å². The molecule has 0 radical (unpaired) electrons. The second-order valence-corrected chi connectivity index (χ2v) is 3.61. The molecule has 7 nitrogen and oxygen atoms in total. The van der Waals surface area contributed by atoms with Gasteiger partial charge in [-0.15, -0.1) is 0 Å². The van der Waals surface area contributed by atoms with Crippen LogP contribution in [0.25, 0.3) is 0 Å². The predicted molar refractivity (Wildman–Crippen MR) is 48.4 cm³/mol. The van der Waals surface area contributed by atoms with Gasteiger partial charge in [-0.1, -0.05) is 0 Å². The number of hydrogen-bond acceptors (Lipinski definition) is 6. The van der Waals surface area contributed by atoms with E-state index in [0.717, 1.165) is 0 Å². The molecule has 0 aromatic heterocycles. The quantitative estimate of drug-likeness (QED) is 0.303. The van der Waals surface area contributed by atoms with Crippen LogP contribution in [0.3, 0.4) is 0 Å². The van der Waals surface area contributed by atoms with Crippen molar-refractivity contribution in [2.24, 2.45) is 11.1 Å². The van der Waals surface area contributed by atoms with Crippen molar-refractivity contribution >= 4 is 11.4 Å². The largest absolute Gasteiger partial charge is 0.396 e. The summed E-state index contributed by atoms with van der Waals surface area (Å²) in [6.45, 7) is -1.96. The first-order valence-electron chi connectivity index (χ1n) is 3.84. The van der Waals surface area contributed by atoms with E-state index in [-0.39, 0.29) is 6.61 Å². The van der Waals surface area contributed by atoms with Crippen LogP contribution in [-0.4, -0.2) is 56.6 Å². The molecule has 0 amide bonds. The Labute approximate surface area is 84.0 Å². The molecule has 2 unspecified atom stereocenters. The van der Waals surface area contributed by atoms with Crippen LogP contribution < -0.4 is 5.73 Å². The topological polar surface area (TPSA) is 133 Å². The zero-order valence-electron chi connectivity index (χ0n) is 7.50. The van der Waals surface area contributed by atoms with E-state index in [1.165, 1.54) is 0 Å².